The van der Waals surface area contributed by atoms with Crippen molar-refractivity contribution in [1.29, 1.82) is 0 Å². The second kappa shape index (κ2) is 8.45. The number of fused-ring (bicyclic) bond motifs is 1. The molecule has 2 aromatic heterocycles. The first kappa shape index (κ1) is 19.1. The molecule has 1 amide bonds. The van der Waals surface area contributed by atoms with Crippen molar-refractivity contribution in [3.8, 4) is 0 Å². The minimum atomic E-state index is 0.213. The van der Waals surface area contributed by atoms with Crippen LogP contribution in [0.1, 0.15) is 31.9 Å². The van der Waals surface area contributed by atoms with E-state index in [9.17, 15) is 4.79 Å². The number of anilines is 1. The van der Waals surface area contributed by atoms with E-state index in [1.54, 1.807) is 6.20 Å². The van der Waals surface area contributed by atoms with Crippen molar-refractivity contribution in [2.24, 2.45) is 0 Å². The Hall–Kier alpha value is -2.19. The summed E-state index contributed by atoms with van der Waals surface area (Å²) in [5, 5.41) is 12.1. The molecule has 1 atom stereocenters. The molecule has 2 aliphatic heterocycles. The highest BCUT2D eigenvalue weighted by molar-refractivity contribution is 5.92. The summed E-state index contributed by atoms with van der Waals surface area (Å²) in [5.41, 5.74) is 1.87. The Kier molecular flexibility index (Phi) is 5.77. The number of nitrogens with zero attached hydrogens (tertiary/aromatic N) is 4. The number of rotatable bonds is 5. The maximum absolute atomic E-state index is 12.7. The Labute approximate surface area is 165 Å². The van der Waals surface area contributed by atoms with Gasteiger partial charge in [-0.15, -0.1) is 0 Å². The normalized spacial score (nSPS) is 21.9. The quantitative estimate of drug-likeness (QED) is 0.813. The number of carbonyl (C=O) groups is 1. The Balaban J connectivity index is 1.44. The van der Waals surface area contributed by atoms with Gasteiger partial charge in [0.25, 0.3) is 0 Å². The van der Waals surface area contributed by atoms with Crippen molar-refractivity contribution in [2.75, 3.05) is 45.2 Å². The van der Waals surface area contributed by atoms with Crippen LogP contribution in [0.3, 0.4) is 0 Å². The Morgan fingerprint density at radius 1 is 1.36 bits per heavy atom. The minimum absolute atomic E-state index is 0.213. The van der Waals surface area contributed by atoms with Crippen molar-refractivity contribution >= 4 is 22.6 Å². The van der Waals surface area contributed by atoms with Crippen LogP contribution in [0.15, 0.2) is 12.3 Å². The molecular weight excluding hydrogens is 356 g/mol. The zero-order valence-electron chi connectivity index (χ0n) is 16.8. The predicted molar refractivity (Wildman–Crippen MR) is 108 cm³/mol. The number of carbonyl (C=O) groups excluding carboxylic acids is 1. The van der Waals surface area contributed by atoms with Crippen LogP contribution in [0.4, 0.5) is 5.82 Å². The second-order valence-corrected chi connectivity index (χ2v) is 7.96. The number of H-pyrrole nitrogens is 1. The lowest BCUT2D eigenvalue weighted by molar-refractivity contribution is -0.133. The van der Waals surface area contributed by atoms with Crippen LogP contribution >= 0.6 is 0 Å². The number of aromatic nitrogens is 3. The molecule has 28 heavy (non-hydrogen) atoms. The van der Waals surface area contributed by atoms with Crippen molar-refractivity contribution in [3.05, 3.63) is 18.0 Å². The maximum atomic E-state index is 12.7. The monoisotopic (exact) mass is 386 g/mol. The van der Waals surface area contributed by atoms with Gasteiger partial charge in [0.15, 0.2) is 0 Å². The van der Waals surface area contributed by atoms with Gasteiger partial charge in [-0.1, -0.05) is 0 Å². The number of pyridine rings is 1. The van der Waals surface area contributed by atoms with Crippen LogP contribution in [0, 0.1) is 0 Å². The summed E-state index contributed by atoms with van der Waals surface area (Å²) in [6.07, 6.45) is 4.87. The summed E-state index contributed by atoms with van der Waals surface area (Å²) >= 11 is 0. The summed E-state index contributed by atoms with van der Waals surface area (Å²) in [4.78, 5) is 21.6. The number of aromatic amines is 1. The van der Waals surface area contributed by atoms with E-state index < -0.39 is 0 Å². The van der Waals surface area contributed by atoms with Gasteiger partial charge >= 0.3 is 0 Å². The van der Waals surface area contributed by atoms with Gasteiger partial charge < -0.3 is 19.9 Å². The molecule has 0 bridgehead atoms. The van der Waals surface area contributed by atoms with Crippen LogP contribution < -0.4 is 5.32 Å². The van der Waals surface area contributed by atoms with Gasteiger partial charge in [-0.25, -0.2) is 4.98 Å². The smallest absolute Gasteiger partial charge is 0.223 e. The lowest BCUT2D eigenvalue weighted by Crippen LogP contribution is -2.52. The van der Waals surface area contributed by atoms with Crippen molar-refractivity contribution < 1.29 is 9.53 Å². The van der Waals surface area contributed by atoms with Gasteiger partial charge in [0.1, 0.15) is 5.82 Å². The highest BCUT2D eigenvalue weighted by Gasteiger charge is 2.24. The highest BCUT2D eigenvalue weighted by atomic mass is 16.5. The van der Waals surface area contributed by atoms with Gasteiger partial charge in [0, 0.05) is 63.2 Å². The molecule has 2 aromatic rings. The molecule has 152 valence electrons. The number of hydrogen-bond donors (Lipinski definition) is 2. The number of aryl methyl sites for hydroxylation is 1. The summed E-state index contributed by atoms with van der Waals surface area (Å²) in [6.45, 7) is 6.27. The molecule has 1 unspecified atom stereocenters. The third-order valence-electron chi connectivity index (χ3n) is 6.01. The largest absolute Gasteiger partial charge is 0.381 e. The lowest BCUT2D eigenvalue weighted by Gasteiger charge is -2.37. The predicted octanol–water partition coefficient (Wildman–Crippen LogP) is 1.64. The average Bonchev–Trinajstić information content (AvgIpc) is 3.13. The van der Waals surface area contributed by atoms with Crippen LogP contribution in [0.2, 0.25) is 0 Å². The molecule has 2 N–H and O–H groups in total. The average molecular weight is 387 g/mol. The summed E-state index contributed by atoms with van der Waals surface area (Å²) in [6, 6.07) is 2.68. The third kappa shape index (κ3) is 4.12. The van der Waals surface area contributed by atoms with E-state index in [1.165, 1.54) is 0 Å². The van der Waals surface area contributed by atoms with Crippen LogP contribution in [-0.2, 0) is 16.0 Å². The first-order valence-electron chi connectivity index (χ1n) is 10.3. The van der Waals surface area contributed by atoms with Crippen molar-refractivity contribution in [3.63, 3.8) is 0 Å². The van der Waals surface area contributed by atoms with Crippen LogP contribution in [0.5, 0.6) is 0 Å². The minimum Gasteiger partial charge on any atom is -0.381 e. The number of nitrogens with one attached hydrogen (secondary N) is 2. The molecular formula is C20H30N6O2. The van der Waals surface area contributed by atoms with E-state index in [0.717, 1.165) is 68.1 Å². The van der Waals surface area contributed by atoms with E-state index in [-0.39, 0.29) is 5.91 Å². The number of hydrogen-bond acceptors (Lipinski definition) is 6. The van der Waals surface area contributed by atoms with E-state index in [1.807, 2.05) is 11.0 Å². The Morgan fingerprint density at radius 2 is 2.18 bits per heavy atom. The molecule has 0 aliphatic carbocycles. The van der Waals surface area contributed by atoms with Gasteiger partial charge in [-0.05, 0) is 39.3 Å². The molecule has 8 heteroatoms. The molecule has 0 radical (unpaired) electrons. The molecule has 2 saturated heterocycles. The SMILES string of the molecule is CC1CN(C(=O)CCc2[nH]nc3ccnc(NC4CCOCC4)c23)CCN1C. The zero-order valence-corrected chi connectivity index (χ0v) is 16.8. The first-order valence-corrected chi connectivity index (χ1v) is 10.3. The maximum Gasteiger partial charge on any atom is 0.223 e. The topological polar surface area (TPSA) is 86.4 Å². The fourth-order valence-corrected chi connectivity index (χ4v) is 4.02. The number of amides is 1. The van der Waals surface area contributed by atoms with Gasteiger partial charge in [-0.3, -0.25) is 9.89 Å². The molecule has 8 nitrogen and oxygen atoms in total. The second-order valence-electron chi connectivity index (χ2n) is 7.96. The first-order chi connectivity index (χ1) is 13.6. The summed E-state index contributed by atoms with van der Waals surface area (Å²) in [5.74, 6) is 1.07. The molecule has 0 saturated carbocycles. The van der Waals surface area contributed by atoms with E-state index in [2.05, 4.69) is 39.4 Å². The van der Waals surface area contributed by atoms with Crippen LogP contribution in [-0.4, -0.2) is 82.9 Å². The number of likely N-dealkylation sites (N-methyl/N-ethyl adjacent to an activating group) is 1. The van der Waals surface area contributed by atoms with Gasteiger partial charge in [0.2, 0.25) is 5.91 Å². The molecule has 2 fully saturated rings. The standard InChI is InChI=1S/C20H30N6O2/c1-14-13-26(10-9-25(14)2)18(27)4-3-16-19-17(24-23-16)5-8-21-20(19)22-15-6-11-28-12-7-15/h5,8,14-15H,3-4,6-7,9-13H2,1-2H3,(H,21,22)(H,23,24). The molecule has 4 heterocycles. The summed E-state index contributed by atoms with van der Waals surface area (Å²) in [7, 11) is 2.11. The molecule has 0 aromatic carbocycles. The molecule has 0 spiro atoms. The fourth-order valence-electron chi connectivity index (χ4n) is 4.02. The van der Waals surface area contributed by atoms with Gasteiger partial charge in [-0.2, -0.15) is 5.10 Å². The van der Waals surface area contributed by atoms with Crippen LogP contribution in [0.25, 0.3) is 10.9 Å². The zero-order chi connectivity index (χ0) is 19.5. The Bertz CT molecular complexity index is 816. The Morgan fingerprint density at radius 3 is 2.96 bits per heavy atom. The summed E-state index contributed by atoms with van der Waals surface area (Å²) < 4.78 is 5.45. The van der Waals surface area contributed by atoms with E-state index in [4.69, 9.17) is 4.74 Å². The van der Waals surface area contributed by atoms with Crippen molar-refractivity contribution in [1.82, 2.24) is 25.0 Å². The van der Waals surface area contributed by atoms with E-state index >= 15 is 0 Å². The third-order valence-corrected chi connectivity index (χ3v) is 6.01. The molecule has 4 rings (SSSR count). The lowest BCUT2D eigenvalue weighted by atomic mass is 10.1. The van der Waals surface area contributed by atoms with Crippen molar-refractivity contribution in [2.45, 2.75) is 44.7 Å². The number of ether oxygens (including phenoxy) is 1. The van der Waals surface area contributed by atoms with E-state index in [0.29, 0.717) is 24.9 Å². The fraction of sp³-hybridized carbons (Fsp3) is 0.650. The molecule has 2 aliphatic rings. The number of piperazine rings is 1. The highest BCUT2D eigenvalue weighted by Crippen LogP contribution is 2.26. The van der Waals surface area contributed by atoms with Gasteiger partial charge in [0.05, 0.1) is 10.9 Å².